The molecule has 8 heteroatoms. The van der Waals surface area contributed by atoms with Crippen molar-refractivity contribution in [3.05, 3.63) is 52.5 Å². The lowest BCUT2D eigenvalue weighted by Crippen LogP contribution is -2.49. The molecule has 1 saturated heterocycles. The average Bonchev–Trinajstić information content (AvgIpc) is 3.01. The van der Waals surface area contributed by atoms with Gasteiger partial charge in [-0.25, -0.2) is 4.98 Å². The summed E-state index contributed by atoms with van der Waals surface area (Å²) in [5.74, 6) is -0.212. The Morgan fingerprint density at radius 3 is 2.92 bits per heavy atom. The molecule has 3 heterocycles. The summed E-state index contributed by atoms with van der Waals surface area (Å²) in [6.07, 6.45) is 5.05. The molecule has 0 saturated carbocycles. The highest BCUT2D eigenvalue weighted by Crippen LogP contribution is 2.27. The quantitative estimate of drug-likeness (QED) is 0.818. The molecule has 1 amide bonds. The Hall–Kier alpha value is -2.45. The SMILES string of the molecule is Cc1ccn(CC(=O)NC[C@@H]2OCCN(C)[C@H]2c2cncn2C)c(=O)c1. The Kier molecular flexibility index (Phi) is 5.53. The second kappa shape index (κ2) is 7.84. The average molecular weight is 359 g/mol. The second-order valence-electron chi connectivity index (χ2n) is 6.74. The molecule has 26 heavy (non-hydrogen) atoms. The van der Waals surface area contributed by atoms with Crippen molar-refractivity contribution in [2.75, 3.05) is 26.7 Å². The Morgan fingerprint density at radius 2 is 2.23 bits per heavy atom. The van der Waals surface area contributed by atoms with E-state index in [2.05, 4.69) is 15.2 Å². The van der Waals surface area contributed by atoms with Gasteiger partial charge in [0.15, 0.2) is 0 Å². The lowest BCUT2D eigenvalue weighted by molar-refractivity contribution is -0.123. The van der Waals surface area contributed by atoms with Crippen LogP contribution in [0.3, 0.4) is 0 Å². The Bertz CT molecular complexity index is 828. The van der Waals surface area contributed by atoms with Crippen LogP contribution in [0.15, 0.2) is 35.6 Å². The molecule has 0 unspecified atom stereocenters. The van der Waals surface area contributed by atoms with E-state index < -0.39 is 0 Å². The third-order valence-corrected chi connectivity index (χ3v) is 4.73. The number of imidazole rings is 1. The predicted molar refractivity (Wildman–Crippen MR) is 96.8 cm³/mol. The first kappa shape index (κ1) is 18.3. The Labute approximate surface area is 152 Å². The fraction of sp³-hybridized carbons (Fsp3) is 0.500. The summed E-state index contributed by atoms with van der Waals surface area (Å²) in [4.78, 5) is 30.6. The Morgan fingerprint density at radius 1 is 1.42 bits per heavy atom. The maximum absolute atomic E-state index is 12.3. The molecular formula is C18H25N5O3. The van der Waals surface area contributed by atoms with Gasteiger partial charge in [-0.1, -0.05) is 0 Å². The molecule has 1 aliphatic rings. The maximum Gasteiger partial charge on any atom is 0.251 e. The van der Waals surface area contributed by atoms with Crippen LogP contribution in [0.2, 0.25) is 0 Å². The molecule has 2 aromatic heterocycles. The third-order valence-electron chi connectivity index (χ3n) is 4.73. The fourth-order valence-electron chi connectivity index (χ4n) is 3.26. The van der Waals surface area contributed by atoms with Gasteiger partial charge in [0, 0.05) is 38.6 Å². The van der Waals surface area contributed by atoms with Crippen molar-refractivity contribution in [2.45, 2.75) is 25.6 Å². The van der Waals surface area contributed by atoms with Gasteiger partial charge < -0.3 is 19.2 Å². The molecule has 0 bridgehead atoms. The van der Waals surface area contributed by atoms with Crippen LogP contribution < -0.4 is 10.9 Å². The molecule has 1 fully saturated rings. The molecule has 140 valence electrons. The molecule has 2 aromatic rings. The number of hydrogen-bond acceptors (Lipinski definition) is 5. The van der Waals surface area contributed by atoms with Gasteiger partial charge in [-0.15, -0.1) is 0 Å². The number of morpholine rings is 1. The van der Waals surface area contributed by atoms with Crippen LogP contribution in [0.25, 0.3) is 0 Å². The summed E-state index contributed by atoms with van der Waals surface area (Å²) >= 11 is 0. The third kappa shape index (κ3) is 4.03. The topological polar surface area (TPSA) is 81.4 Å². The van der Waals surface area contributed by atoms with Crippen molar-refractivity contribution < 1.29 is 9.53 Å². The molecule has 0 aromatic carbocycles. The van der Waals surface area contributed by atoms with Crippen LogP contribution >= 0.6 is 0 Å². The van der Waals surface area contributed by atoms with Crippen molar-refractivity contribution in [1.29, 1.82) is 0 Å². The highest BCUT2D eigenvalue weighted by molar-refractivity contribution is 5.75. The van der Waals surface area contributed by atoms with E-state index in [1.54, 1.807) is 12.5 Å². The van der Waals surface area contributed by atoms with Crippen LogP contribution in [0.1, 0.15) is 17.3 Å². The van der Waals surface area contributed by atoms with Gasteiger partial charge in [0.05, 0.1) is 30.8 Å². The van der Waals surface area contributed by atoms with Crippen LogP contribution in [-0.2, 0) is 23.1 Å². The number of hydrogen-bond donors (Lipinski definition) is 1. The number of amides is 1. The van der Waals surface area contributed by atoms with E-state index in [0.717, 1.165) is 17.8 Å². The van der Waals surface area contributed by atoms with E-state index in [1.807, 2.05) is 37.8 Å². The zero-order valence-corrected chi connectivity index (χ0v) is 15.4. The fourth-order valence-corrected chi connectivity index (χ4v) is 3.26. The smallest absolute Gasteiger partial charge is 0.251 e. The van der Waals surface area contributed by atoms with E-state index >= 15 is 0 Å². The summed E-state index contributed by atoms with van der Waals surface area (Å²) in [5.41, 5.74) is 1.74. The molecule has 3 rings (SSSR count). The van der Waals surface area contributed by atoms with Crippen molar-refractivity contribution in [2.24, 2.45) is 7.05 Å². The number of carbonyl (C=O) groups is 1. The van der Waals surface area contributed by atoms with Gasteiger partial charge in [0.25, 0.3) is 5.56 Å². The predicted octanol–water partition coefficient (Wildman–Crippen LogP) is 0.0783. The van der Waals surface area contributed by atoms with Crippen molar-refractivity contribution in [1.82, 2.24) is 24.3 Å². The number of aryl methyl sites for hydroxylation is 2. The van der Waals surface area contributed by atoms with Gasteiger partial charge in [-0.2, -0.15) is 0 Å². The Balaban J connectivity index is 1.64. The van der Waals surface area contributed by atoms with Gasteiger partial charge in [-0.3, -0.25) is 14.5 Å². The lowest BCUT2D eigenvalue weighted by atomic mass is 10.0. The van der Waals surface area contributed by atoms with Gasteiger partial charge in [0.1, 0.15) is 6.54 Å². The van der Waals surface area contributed by atoms with Crippen LogP contribution in [0.5, 0.6) is 0 Å². The van der Waals surface area contributed by atoms with Crippen LogP contribution in [0, 0.1) is 6.92 Å². The summed E-state index contributed by atoms with van der Waals surface area (Å²) in [7, 11) is 3.99. The largest absolute Gasteiger partial charge is 0.373 e. The zero-order chi connectivity index (χ0) is 18.7. The normalized spacial score (nSPS) is 20.9. The summed E-state index contributed by atoms with van der Waals surface area (Å²) in [6.45, 7) is 3.65. The highest BCUT2D eigenvalue weighted by atomic mass is 16.5. The molecule has 0 aliphatic carbocycles. The molecule has 1 aliphatic heterocycles. The standard InChI is InChI=1S/C18H25N5O3/c1-13-4-5-23(17(25)8-13)11-16(24)20-10-15-18(21(2)6-7-26-15)14-9-19-12-22(14)3/h4-5,8-9,12,15,18H,6-7,10-11H2,1-3H3,(H,20,24)/t15-,18-/m0/s1. The molecule has 1 N–H and O–H groups in total. The number of carbonyl (C=O) groups excluding carboxylic acids is 1. The molecule has 0 spiro atoms. The first-order chi connectivity index (χ1) is 12.5. The summed E-state index contributed by atoms with van der Waals surface area (Å²) < 4.78 is 9.28. The van der Waals surface area contributed by atoms with E-state index in [9.17, 15) is 9.59 Å². The highest BCUT2D eigenvalue weighted by Gasteiger charge is 2.33. The van der Waals surface area contributed by atoms with E-state index in [0.29, 0.717) is 13.2 Å². The lowest BCUT2D eigenvalue weighted by Gasteiger charge is -2.39. The van der Waals surface area contributed by atoms with Crippen molar-refractivity contribution >= 4 is 5.91 Å². The zero-order valence-electron chi connectivity index (χ0n) is 15.4. The summed E-state index contributed by atoms with van der Waals surface area (Å²) in [6, 6.07) is 3.34. The van der Waals surface area contributed by atoms with Gasteiger partial charge in [0.2, 0.25) is 5.91 Å². The first-order valence-corrected chi connectivity index (χ1v) is 8.67. The number of nitrogens with zero attached hydrogens (tertiary/aromatic N) is 4. The van der Waals surface area contributed by atoms with Gasteiger partial charge >= 0.3 is 0 Å². The van der Waals surface area contributed by atoms with Crippen molar-refractivity contribution in [3.63, 3.8) is 0 Å². The minimum Gasteiger partial charge on any atom is -0.373 e. The number of aromatic nitrogens is 3. The molecular weight excluding hydrogens is 334 g/mol. The summed E-state index contributed by atoms with van der Waals surface area (Å²) in [5, 5.41) is 2.89. The number of ether oxygens (including phenoxy) is 1. The number of pyridine rings is 1. The first-order valence-electron chi connectivity index (χ1n) is 8.67. The maximum atomic E-state index is 12.3. The van der Waals surface area contributed by atoms with E-state index in [4.69, 9.17) is 4.74 Å². The monoisotopic (exact) mass is 359 g/mol. The van der Waals surface area contributed by atoms with Crippen molar-refractivity contribution in [3.8, 4) is 0 Å². The minimum absolute atomic E-state index is 0.00193. The molecule has 8 nitrogen and oxygen atoms in total. The number of rotatable bonds is 5. The molecule has 0 radical (unpaired) electrons. The minimum atomic E-state index is -0.212. The van der Waals surface area contributed by atoms with E-state index in [1.165, 1.54) is 10.6 Å². The number of nitrogens with one attached hydrogen (secondary N) is 1. The van der Waals surface area contributed by atoms with E-state index in [-0.39, 0.29) is 30.2 Å². The van der Waals surface area contributed by atoms with Crippen LogP contribution in [-0.4, -0.2) is 57.8 Å². The second-order valence-corrected chi connectivity index (χ2v) is 6.74. The molecule has 2 atom stereocenters. The van der Waals surface area contributed by atoms with Crippen LogP contribution in [0.4, 0.5) is 0 Å². The van der Waals surface area contributed by atoms with Gasteiger partial charge in [-0.05, 0) is 25.6 Å². The number of likely N-dealkylation sites (N-methyl/N-ethyl adjacent to an activating group) is 1.